The van der Waals surface area contributed by atoms with Gasteiger partial charge in [-0.1, -0.05) is 18.2 Å². The van der Waals surface area contributed by atoms with E-state index in [1.165, 1.54) is 0 Å². The molecule has 0 saturated heterocycles. The SMILES string of the molecule is CCN(c1ccccc1)c1cc(CN)cc(C)n1. The Morgan fingerprint density at radius 3 is 2.50 bits per heavy atom. The molecule has 1 aromatic heterocycles. The molecule has 0 fully saturated rings. The Bertz CT molecular complexity index is 508. The molecule has 18 heavy (non-hydrogen) atoms. The van der Waals surface area contributed by atoms with E-state index in [0.29, 0.717) is 6.54 Å². The molecular weight excluding hydrogens is 222 g/mol. The van der Waals surface area contributed by atoms with Crippen LogP contribution in [0.15, 0.2) is 42.5 Å². The molecule has 1 heterocycles. The Balaban J connectivity index is 2.42. The largest absolute Gasteiger partial charge is 0.327 e. The first-order valence-electron chi connectivity index (χ1n) is 6.24. The van der Waals surface area contributed by atoms with Crippen molar-refractivity contribution in [1.82, 2.24) is 4.98 Å². The number of pyridine rings is 1. The molecule has 3 heteroatoms. The van der Waals surface area contributed by atoms with E-state index in [0.717, 1.165) is 29.3 Å². The van der Waals surface area contributed by atoms with Gasteiger partial charge in [0.15, 0.2) is 0 Å². The number of hydrogen-bond donors (Lipinski definition) is 1. The molecule has 0 bridgehead atoms. The molecule has 0 spiro atoms. The maximum absolute atomic E-state index is 5.72. The maximum atomic E-state index is 5.72. The molecule has 2 aromatic rings. The third-order valence-electron chi connectivity index (χ3n) is 2.90. The predicted molar refractivity (Wildman–Crippen MR) is 76.0 cm³/mol. The fourth-order valence-corrected chi connectivity index (χ4v) is 2.06. The van der Waals surface area contributed by atoms with E-state index in [9.17, 15) is 0 Å². The van der Waals surface area contributed by atoms with Gasteiger partial charge >= 0.3 is 0 Å². The van der Waals surface area contributed by atoms with Crippen LogP contribution in [0.3, 0.4) is 0 Å². The summed E-state index contributed by atoms with van der Waals surface area (Å²) in [4.78, 5) is 6.79. The minimum atomic E-state index is 0.544. The topological polar surface area (TPSA) is 42.1 Å². The molecule has 0 aliphatic heterocycles. The van der Waals surface area contributed by atoms with Gasteiger partial charge in [-0.3, -0.25) is 0 Å². The number of benzene rings is 1. The Hall–Kier alpha value is -1.87. The van der Waals surface area contributed by atoms with Gasteiger partial charge in [-0.25, -0.2) is 4.98 Å². The lowest BCUT2D eigenvalue weighted by atomic mass is 10.2. The van der Waals surface area contributed by atoms with E-state index in [-0.39, 0.29) is 0 Å². The van der Waals surface area contributed by atoms with Crippen LogP contribution in [0, 0.1) is 6.92 Å². The van der Waals surface area contributed by atoms with Gasteiger partial charge in [0.1, 0.15) is 5.82 Å². The van der Waals surface area contributed by atoms with Crippen molar-refractivity contribution >= 4 is 11.5 Å². The summed E-state index contributed by atoms with van der Waals surface area (Å²) >= 11 is 0. The number of aromatic nitrogens is 1. The van der Waals surface area contributed by atoms with E-state index in [2.05, 4.69) is 35.0 Å². The number of para-hydroxylation sites is 1. The smallest absolute Gasteiger partial charge is 0.133 e. The quantitative estimate of drug-likeness (QED) is 0.894. The molecule has 0 atom stereocenters. The van der Waals surface area contributed by atoms with Crippen LogP contribution >= 0.6 is 0 Å². The summed E-state index contributed by atoms with van der Waals surface area (Å²) in [5.41, 5.74) is 8.99. The van der Waals surface area contributed by atoms with Crippen molar-refractivity contribution in [2.24, 2.45) is 5.73 Å². The molecule has 1 aromatic carbocycles. The van der Waals surface area contributed by atoms with Gasteiger partial charge in [0.05, 0.1) is 0 Å². The molecule has 0 radical (unpaired) electrons. The monoisotopic (exact) mass is 241 g/mol. The minimum absolute atomic E-state index is 0.544. The van der Waals surface area contributed by atoms with Crippen LogP contribution in [0.5, 0.6) is 0 Å². The van der Waals surface area contributed by atoms with Crippen LogP contribution < -0.4 is 10.6 Å². The van der Waals surface area contributed by atoms with Crippen LogP contribution in [0.25, 0.3) is 0 Å². The second-order valence-electron chi connectivity index (χ2n) is 4.26. The van der Waals surface area contributed by atoms with E-state index >= 15 is 0 Å². The van der Waals surface area contributed by atoms with E-state index in [1.807, 2.05) is 31.2 Å². The lowest BCUT2D eigenvalue weighted by Gasteiger charge is -2.23. The number of anilines is 2. The highest BCUT2D eigenvalue weighted by Crippen LogP contribution is 2.24. The summed E-state index contributed by atoms with van der Waals surface area (Å²) in [5.74, 6) is 0.962. The van der Waals surface area contributed by atoms with Gasteiger partial charge in [-0.05, 0) is 43.7 Å². The number of nitrogens with two attached hydrogens (primary N) is 1. The average molecular weight is 241 g/mol. The molecular formula is C15H19N3. The molecule has 0 aliphatic carbocycles. The minimum Gasteiger partial charge on any atom is -0.327 e. The summed E-state index contributed by atoms with van der Waals surface area (Å²) in [7, 11) is 0. The summed E-state index contributed by atoms with van der Waals surface area (Å²) in [6.07, 6.45) is 0. The van der Waals surface area contributed by atoms with Crippen molar-refractivity contribution in [2.75, 3.05) is 11.4 Å². The molecule has 0 saturated carbocycles. The molecule has 2 N–H and O–H groups in total. The van der Waals surface area contributed by atoms with Crippen LogP contribution in [0.1, 0.15) is 18.2 Å². The van der Waals surface area contributed by atoms with Gasteiger partial charge in [-0.15, -0.1) is 0 Å². The molecule has 3 nitrogen and oxygen atoms in total. The number of hydrogen-bond acceptors (Lipinski definition) is 3. The fourth-order valence-electron chi connectivity index (χ4n) is 2.06. The second-order valence-corrected chi connectivity index (χ2v) is 4.26. The van der Waals surface area contributed by atoms with Gasteiger partial charge < -0.3 is 10.6 Å². The Morgan fingerprint density at radius 2 is 1.89 bits per heavy atom. The van der Waals surface area contributed by atoms with Crippen LogP contribution in [0.2, 0.25) is 0 Å². The maximum Gasteiger partial charge on any atom is 0.133 e. The van der Waals surface area contributed by atoms with E-state index in [1.54, 1.807) is 0 Å². The van der Waals surface area contributed by atoms with E-state index < -0.39 is 0 Å². The van der Waals surface area contributed by atoms with Gasteiger partial charge in [-0.2, -0.15) is 0 Å². The first-order chi connectivity index (χ1) is 8.74. The van der Waals surface area contributed by atoms with E-state index in [4.69, 9.17) is 5.73 Å². The molecule has 0 amide bonds. The standard InChI is InChI=1S/C15H19N3/c1-3-18(14-7-5-4-6-8-14)15-10-13(11-16)9-12(2)17-15/h4-10H,3,11,16H2,1-2H3. The highest BCUT2D eigenvalue weighted by Gasteiger charge is 2.09. The fraction of sp³-hybridized carbons (Fsp3) is 0.267. The van der Waals surface area contributed by atoms with Crippen molar-refractivity contribution in [3.8, 4) is 0 Å². The second kappa shape index (κ2) is 5.65. The zero-order valence-electron chi connectivity index (χ0n) is 10.9. The summed E-state index contributed by atoms with van der Waals surface area (Å²) in [6, 6.07) is 14.4. The van der Waals surface area contributed by atoms with Crippen molar-refractivity contribution in [3.05, 3.63) is 53.7 Å². The first kappa shape index (κ1) is 12.6. The van der Waals surface area contributed by atoms with Crippen molar-refractivity contribution in [2.45, 2.75) is 20.4 Å². The average Bonchev–Trinajstić information content (AvgIpc) is 2.40. The number of nitrogens with zero attached hydrogens (tertiary/aromatic N) is 2. The first-order valence-corrected chi connectivity index (χ1v) is 6.24. The Labute approximate surface area is 108 Å². The Kier molecular flexibility index (Phi) is 3.95. The normalized spacial score (nSPS) is 10.4. The lowest BCUT2D eigenvalue weighted by Crippen LogP contribution is -2.18. The third kappa shape index (κ3) is 2.68. The lowest BCUT2D eigenvalue weighted by molar-refractivity contribution is 0.961. The highest BCUT2D eigenvalue weighted by molar-refractivity contribution is 5.60. The molecule has 0 unspecified atom stereocenters. The van der Waals surface area contributed by atoms with Crippen molar-refractivity contribution < 1.29 is 0 Å². The molecule has 0 aliphatic rings. The van der Waals surface area contributed by atoms with Gasteiger partial charge in [0.25, 0.3) is 0 Å². The van der Waals surface area contributed by atoms with Crippen molar-refractivity contribution in [3.63, 3.8) is 0 Å². The van der Waals surface area contributed by atoms with Gasteiger partial charge in [0, 0.05) is 24.5 Å². The predicted octanol–water partition coefficient (Wildman–Crippen LogP) is 3.01. The highest BCUT2D eigenvalue weighted by atomic mass is 15.2. The van der Waals surface area contributed by atoms with Crippen LogP contribution in [-0.4, -0.2) is 11.5 Å². The number of rotatable bonds is 4. The Morgan fingerprint density at radius 1 is 1.17 bits per heavy atom. The zero-order valence-corrected chi connectivity index (χ0v) is 10.9. The summed E-state index contributed by atoms with van der Waals surface area (Å²) in [5, 5.41) is 0. The van der Waals surface area contributed by atoms with Crippen molar-refractivity contribution in [1.29, 1.82) is 0 Å². The van der Waals surface area contributed by atoms with Crippen LogP contribution in [0.4, 0.5) is 11.5 Å². The number of aryl methyl sites for hydroxylation is 1. The molecule has 94 valence electrons. The van der Waals surface area contributed by atoms with Gasteiger partial charge in [0.2, 0.25) is 0 Å². The summed E-state index contributed by atoms with van der Waals surface area (Å²) in [6.45, 7) is 5.55. The third-order valence-corrected chi connectivity index (χ3v) is 2.90. The molecule has 2 rings (SSSR count). The summed E-state index contributed by atoms with van der Waals surface area (Å²) < 4.78 is 0. The van der Waals surface area contributed by atoms with Crippen LogP contribution in [-0.2, 0) is 6.54 Å². The zero-order chi connectivity index (χ0) is 13.0.